The van der Waals surface area contributed by atoms with E-state index in [0.717, 1.165) is 31.0 Å². The Bertz CT molecular complexity index is 890. The molecule has 0 heterocycles. The molecule has 152 valence electrons. The summed E-state index contributed by atoms with van der Waals surface area (Å²) < 4.78 is 23.1. The molecule has 5 nitrogen and oxygen atoms in total. The van der Waals surface area contributed by atoms with Gasteiger partial charge in [0.1, 0.15) is 0 Å². The average molecular weight is 402 g/mol. The third-order valence-corrected chi connectivity index (χ3v) is 5.66. The van der Waals surface area contributed by atoms with E-state index < -0.39 is 9.84 Å². The summed E-state index contributed by atoms with van der Waals surface area (Å²) in [4.78, 5) is 5.06. The standard InChI is InChI=1S/C22H31N3O2S/c1-5-23-22(25-16-18(3)20-8-6-7-17(2)15-20)24-14-13-19-9-11-21(12-10-19)28(4,26)27/h6-12,15,18H,5,13-14,16H2,1-4H3,(H2,23,24,25). The van der Waals surface area contributed by atoms with Gasteiger partial charge in [-0.25, -0.2) is 8.42 Å². The molecule has 0 saturated carbocycles. The molecule has 0 radical (unpaired) electrons. The molecule has 0 bridgehead atoms. The second-order valence-electron chi connectivity index (χ2n) is 7.13. The molecule has 1 unspecified atom stereocenters. The number of guanidine groups is 1. The van der Waals surface area contributed by atoms with E-state index in [1.165, 1.54) is 17.4 Å². The molecule has 1 atom stereocenters. The molecule has 2 rings (SSSR count). The van der Waals surface area contributed by atoms with Crippen molar-refractivity contribution in [3.05, 3.63) is 65.2 Å². The molecule has 0 aromatic heterocycles. The van der Waals surface area contributed by atoms with E-state index >= 15 is 0 Å². The van der Waals surface area contributed by atoms with Gasteiger partial charge in [0.25, 0.3) is 0 Å². The summed E-state index contributed by atoms with van der Waals surface area (Å²) in [6.07, 6.45) is 2.02. The van der Waals surface area contributed by atoms with Gasteiger partial charge < -0.3 is 10.6 Å². The number of aryl methyl sites for hydroxylation is 1. The average Bonchev–Trinajstić information content (AvgIpc) is 2.65. The molecular weight excluding hydrogens is 370 g/mol. The molecule has 2 aromatic rings. The fourth-order valence-electron chi connectivity index (χ4n) is 2.88. The van der Waals surface area contributed by atoms with Crippen molar-refractivity contribution >= 4 is 15.8 Å². The second kappa shape index (κ2) is 10.3. The fourth-order valence-corrected chi connectivity index (χ4v) is 3.51. The van der Waals surface area contributed by atoms with Crippen LogP contribution in [-0.2, 0) is 16.3 Å². The predicted octanol–water partition coefficient (Wildman–Crippen LogP) is 3.30. The van der Waals surface area contributed by atoms with Gasteiger partial charge in [0.15, 0.2) is 15.8 Å². The summed E-state index contributed by atoms with van der Waals surface area (Å²) in [7, 11) is -3.15. The fraction of sp³-hybridized carbons (Fsp3) is 0.409. The highest BCUT2D eigenvalue weighted by atomic mass is 32.2. The van der Waals surface area contributed by atoms with Crippen LogP contribution in [0.4, 0.5) is 0 Å². The first kappa shape index (κ1) is 22.0. The second-order valence-corrected chi connectivity index (χ2v) is 9.14. The van der Waals surface area contributed by atoms with Gasteiger partial charge in [-0.15, -0.1) is 0 Å². The first-order valence-electron chi connectivity index (χ1n) is 9.67. The van der Waals surface area contributed by atoms with Gasteiger partial charge in [0, 0.05) is 31.8 Å². The number of sulfone groups is 1. The van der Waals surface area contributed by atoms with Crippen LogP contribution in [0, 0.1) is 6.92 Å². The molecule has 2 N–H and O–H groups in total. The smallest absolute Gasteiger partial charge is 0.191 e. The van der Waals surface area contributed by atoms with Crippen molar-refractivity contribution in [3.8, 4) is 0 Å². The highest BCUT2D eigenvalue weighted by Gasteiger charge is 2.07. The van der Waals surface area contributed by atoms with E-state index in [2.05, 4.69) is 48.7 Å². The number of benzene rings is 2. The first-order valence-corrected chi connectivity index (χ1v) is 11.6. The minimum atomic E-state index is -3.15. The normalized spacial score (nSPS) is 13.2. The Morgan fingerprint density at radius 1 is 1.11 bits per heavy atom. The van der Waals surface area contributed by atoms with Crippen molar-refractivity contribution in [1.82, 2.24) is 10.6 Å². The van der Waals surface area contributed by atoms with Crippen molar-refractivity contribution in [3.63, 3.8) is 0 Å². The Morgan fingerprint density at radius 3 is 2.43 bits per heavy atom. The summed E-state index contributed by atoms with van der Waals surface area (Å²) in [5.74, 6) is 1.15. The highest BCUT2D eigenvalue weighted by molar-refractivity contribution is 7.90. The van der Waals surface area contributed by atoms with Crippen LogP contribution in [-0.4, -0.2) is 40.3 Å². The highest BCUT2D eigenvalue weighted by Crippen LogP contribution is 2.16. The Kier molecular flexibility index (Phi) is 8.05. The van der Waals surface area contributed by atoms with Crippen LogP contribution in [0.5, 0.6) is 0 Å². The van der Waals surface area contributed by atoms with E-state index in [1.807, 2.05) is 19.1 Å². The molecule has 0 fully saturated rings. The summed E-state index contributed by atoms with van der Waals surface area (Å²) >= 11 is 0. The zero-order valence-corrected chi connectivity index (χ0v) is 18.0. The SMILES string of the molecule is CCNC(=NCC(C)c1cccc(C)c1)NCCc1ccc(S(C)(=O)=O)cc1. The lowest BCUT2D eigenvalue weighted by molar-refractivity contribution is 0.602. The quantitative estimate of drug-likeness (QED) is 0.526. The van der Waals surface area contributed by atoms with Gasteiger partial charge in [-0.3, -0.25) is 4.99 Å². The van der Waals surface area contributed by atoms with Crippen LogP contribution in [0.2, 0.25) is 0 Å². The Labute approximate surface area is 169 Å². The Balaban J connectivity index is 1.90. The maximum Gasteiger partial charge on any atom is 0.191 e. The number of hydrogen-bond donors (Lipinski definition) is 2. The summed E-state index contributed by atoms with van der Waals surface area (Å²) in [5, 5.41) is 6.63. The zero-order chi connectivity index (χ0) is 20.6. The van der Waals surface area contributed by atoms with Gasteiger partial charge in [-0.2, -0.15) is 0 Å². The lowest BCUT2D eigenvalue weighted by atomic mass is 10.00. The van der Waals surface area contributed by atoms with Gasteiger partial charge >= 0.3 is 0 Å². The van der Waals surface area contributed by atoms with E-state index in [1.54, 1.807) is 12.1 Å². The van der Waals surface area contributed by atoms with Crippen molar-refractivity contribution < 1.29 is 8.42 Å². The topological polar surface area (TPSA) is 70.6 Å². The van der Waals surface area contributed by atoms with Crippen LogP contribution < -0.4 is 10.6 Å². The summed E-state index contributed by atoms with van der Waals surface area (Å²) in [6.45, 7) is 8.57. The lowest BCUT2D eigenvalue weighted by Gasteiger charge is -2.14. The minimum absolute atomic E-state index is 0.346. The van der Waals surface area contributed by atoms with E-state index in [4.69, 9.17) is 4.99 Å². The van der Waals surface area contributed by atoms with Gasteiger partial charge in [-0.05, 0) is 43.5 Å². The van der Waals surface area contributed by atoms with Crippen molar-refractivity contribution in [2.24, 2.45) is 4.99 Å². The monoisotopic (exact) mass is 401 g/mol. The third-order valence-electron chi connectivity index (χ3n) is 4.54. The number of nitrogens with one attached hydrogen (secondary N) is 2. The third kappa shape index (κ3) is 7.00. The maximum atomic E-state index is 11.5. The Morgan fingerprint density at radius 2 is 1.82 bits per heavy atom. The van der Waals surface area contributed by atoms with E-state index in [0.29, 0.717) is 17.4 Å². The summed E-state index contributed by atoms with van der Waals surface area (Å²) in [6, 6.07) is 15.6. The molecule has 0 aliphatic carbocycles. The maximum absolute atomic E-state index is 11.5. The van der Waals surface area contributed by atoms with E-state index in [9.17, 15) is 8.42 Å². The van der Waals surface area contributed by atoms with Crippen molar-refractivity contribution in [2.75, 3.05) is 25.9 Å². The lowest BCUT2D eigenvalue weighted by Crippen LogP contribution is -2.38. The van der Waals surface area contributed by atoms with Gasteiger partial charge in [0.2, 0.25) is 0 Å². The number of nitrogens with zero attached hydrogens (tertiary/aromatic N) is 1. The zero-order valence-electron chi connectivity index (χ0n) is 17.2. The summed E-state index contributed by atoms with van der Waals surface area (Å²) in [5.41, 5.74) is 3.65. The van der Waals surface area contributed by atoms with Crippen LogP contribution in [0.15, 0.2) is 58.4 Å². The molecule has 2 aromatic carbocycles. The van der Waals surface area contributed by atoms with Crippen LogP contribution >= 0.6 is 0 Å². The van der Waals surface area contributed by atoms with Gasteiger partial charge in [0.05, 0.1) is 4.90 Å². The molecule has 0 spiro atoms. The van der Waals surface area contributed by atoms with Gasteiger partial charge in [-0.1, -0.05) is 48.9 Å². The largest absolute Gasteiger partial charge is 0.357 e. The number of rotatable bonds is 8. The number of aliphatic imine (C=N–C) groups is 1. The predicted molar refractivity (Wildman–Crippen MR) is 117 cm³/mol. The van der Waals surface area contributed by atoms with Crippen LogP contribution in [0.3, 0.4) is 0 Å². The molecular formula is C22H31N3O2S. The van der Waals surface area contributed by atoms with Crippen molar-refractivity contribution in [1.29, 1.82) is 0 Å². The van der Waals surface area contributed by atoms with Crippen LogP contribution in [0.25, 0.3) is 0 Å². The minimum Gasteiger partial charge on any atom is -0.357 e. The molecule has 0 amide bonds. The van der Waals surface area contributed by atoms with E-state index in [-0.39, 0.29) is 0 Å². The number of hydrogen-bond acceptors (Lipinski definition) is 3. The molecule has 0 saturated heterocycles. The molecule has 6 heteroatoms. The molecule has 0 aliphatic heterocycles. The Hall–Kier alpha value is -2.34. The molecule has 0 aliphatic rings. The van der Waals surface area contributed by atoms with Crippen LogP contribution in [0.1, 0.15) is 36.5 Å². The first-order chi connectivity index (χ1) is 13.3. The van der Waals surface area contributed by atoms with Crippen molar-refractivity contribution in [2.45, 2.75) is 38.0 Å². The molecule has 28 heavy (non-hydrogen) atoms.